The Balaban J connectivity index is 1.38. The lowest BCUT2D eigenvalue weighted by Crippen LogP contribution is -2.45. The highest BCUT2D eigenvalue weighted by Gasteiger charge is 2.38. The molecule has 2 fully saturated rings. The Morgan fingerprint density at radius 3 is 3.08 bits per heavy atom. The summed E-state index contributed by atoms with van der Waals surface area (Å²) < 4.78 is 11.6. The van der Waals surface area contributed by atoms with Crippen molar-refractivity contribution >= 4 is 5.91 Å². The predicted molar refractivity (Wildman–Crippen MR) is 98.0 cm³/mol. The van der Waals surface area contributed by atoms with Crippen molar-refractivity contribution in [2.45, 2.75) is 44.4 Å². The summed E-state index contributed by atoms with van der Waals surface area (Å²) in [7, 11) is 0. The van der Waals surface area contributed by atoms with Crippen molar-refractivity contribution in [3.05, 3.63) is 59.9 Å². The van der Waals surface area contributed by atoms with Gasteiger partial charge in [0.2, 0.25) is 0 Å². The molecule has 5 heteroatoms. The molecule has 1 aliphatic heterocycles. The van der Waals surface area contributed by atoms with Crippen LogP contribution in [0.3, 0.4) is 0 Å². The van der Waals surface area contributed by atoms with Crippen LogP contribution in [-0.2, 0) is 11.3 Å². The third-order valence-electron chi connectivity index (χ3n) is 5.32. The van der Waals surface area contributed by atoms with Crippen molar-refractivity contribution in [1.29, 1.82) is 0 Å². The van der Waals surface area contributed by atoms with Crippen molar-refractivity contribution in [1.82, 2.24) is 10.3 Å². The van der Waals surface area contributed by atoms with Crippen molar-refractivity contribution in [3.8, 4) is 5.75 Å². The van der Waals surface area contributed by atoms with Crippen LogP contribution in [0.15, 0.2) is 48.8 Å². The first-order valence-electron chi connectivity index (χ1n) is 9.34. The van der Waals surface area contributed by atoms with E-state index in [0.717, 1.165) is 37.9 Å². The Labute approximate surface area is 153 Å². The van der Waals surface area contributed by atoms with E-state index < -0.39 is 0 Å². The normalized spacial score (nSPS) is 24.7. The maximum atomic E-state index is 12.7. The highest BCUT2D eigenvalue weighted by Crippen LogP contribution is 2.34. The molecule has 1 aliphatic carbocycles. The molecule has 2 heterocycles. The number of hydrogen-bond acceptors (Lipinski definition) is 4. The minimum atomic E-state index is -0.0330. The second-order valence-electron chi connectivity index (χ2n) is 7.05. The molecule has 2 aromatic rings. The van der Waals surface area contributed by atoms with Gasteiger partial charge in [-0.05, 0) is 49.9 Å². The molecular formula is C21H24N2O3. The van der Waals surface area contributed by atoms with Gasteiger partial charge < -0.3 is 14.8 Å². The van der Waals surface area contributed by atoms with Gasteiger partial charge in [0.05, 0.1) is 6.10 Å². The van der Waals surface area contributed by atoms with E-state index in [1.54, 1.807) is 18.5 Å². The SMILES string of the molecule is O=C(N[C@@H]1CCC[C@@H]2OCC[C@H]21)c1cccc(OCc2cccnc2)c1. The molecule has 4 rings (SSSR count). The van der Waals surface area contributed by atoms with Gasteiger partial charge in [-0.2, -0.15) is 0 Å². The van der Waals surface area contributed by atoms with Crippen molar-refractivity contribution in [3.63, 3.8) is 0 Å². The van der Waals surface area contributed by atoms with Gasteiger partial charge in [-0.1, -0.05) is 12.1 Å². The number of rotatable bonds is 5. The Morgan fingerprint density at radius 2 is 2.19 bits per heavy atom. The van der Waals surface area contributed by atoms with Gasteiger partial charge in [-0.3, -0.25) is 9.78 Å². The standard InChI is InChI=1S/C21H24N2O3/c24-21(23-19-7-2-8-20-18(19)9-11-25-20)16-5-1-6-17(12-16)26-14-15-4-3-10-22-13-15/h1,3-6,10,12-13,18-20H,2,7-9,11,14H2,(H,23,24)/t18-,19+,20-/m0/s1. The van der Waals surface area contributed by atoms with E-state index in [1.165, 1.54) is 0 Å². The van der Waals surface area contributed by atoms with Gasteiger partial charge in [0, 0.05) is 42.1 Å². The van der Waals surface area contributed by atoms with Crippen LogP contribution in [-0.4, -0.2) is 29.6 Å². The summed E-state index contributed by atoms with van der Waals surface area (Å²) >= 11 is 0. The monoisotopic (exact) mass is 352 g/mol. The summed E-state index contributed by atoms with van der Waals surface area (Å²) in [6, 6.07) is 11.4. The van der Waals surface area contributed by atoms with E-state index in [1.807, 2.05) is 30.3 Å². The summed E-state index contributed by atoms with van der Waals surface area (Å²) in [6.07, 6.45) is 8.15. The smallest absolute Gasteiger partial charge is 0.251 e. The minimum Gasteiger partial charge on any atom is -0.489 e. The van der Waals surface area contributed by atoms with E-state index in [9.17, 15) is 4.79 Å². The number of nitrogens with zero attached hydrogens (tertiary/aromatic N) is 1. The molecule has 1 aromatic heterocycles. The Bertz CT molecular complexity index is 750. The molecular weight excluding hydrogens is 328 g/mol. The first kappa shape index (κ1) is 17.0. The largest absolute Gasteiger partial charge is 0.489 e. The Morgan fingerprint density at radius 1 is 1.23 bits per heavy atom. The zero-order valence-corrected chi connectivity index (χ0v) is 14.8. The lowest BCUT2D eigenvalue weighted by molar-refractivity contribution is 0.0510. The summed E-state index contributed by atoms with van der Waals surface area (Å²) in [4.78, 5) is 16.8. The van der Waals surface area contributed by atoms with Crippen LogP contribution in [0.2, 0.25) is 0 Å². The number of pyridine rings is 1. The number of ether oxygens (including phenoxy) is 2. The molecule has 1 saturated carbocycles. The second-order valence-corrected chi connectivity index (χ2v) is 7.05. The van der Waals surface area contributed by atoms with Gasteiger partial charge in [0.1, 0.15) is 12.4 Å². The van der Waals surface area contributed by atoms with E-state index in [0.29, 0.717) is 29.9 Å². The molecule has 2 aliphatic rings. The fourth-order valence-corrected chi connectivity index (χ4v) is 3.98. The van der Waals surface area contributed by atoms with Crippen molar-refractivity contribution in [2.75, 3.05) is 6.61 Å². The molecule has 136 valence electrons. The zero-order valence-electron chi connectivity index (χ0n) is 14.8. The molecule has 26 heavy (non-hydrogen) atoms. The summed E-state index contributed by atoms with van der Waals surface area (Å²) in [5, 5.41) is 3.22. The van der Waals surface area contributed by atoms with E-state index in [-0.39, 0.29) is 11.9 Å². The van der Waals surface area contributed by atoms with Gasteiger partial charge in [0.15, 0.2) is 0 Å². The Kier molecular flexibility index (Phi) is 5.16. The zero-order chi connectivity index (χ0) is 17.8. The Hall–Kier alpha value is -2.40. The predicted octanol–water partition coefficient (Wildman–Crippen LogP) is 3.35. The molecule has 1 amide bonds. The number of fused-ring (bicyclic) bond motifs is 1. The second kappa shape index (κ2) is 7.87. The van der Waals surface area contributed by atoms with Crippen LogP contribution in [0.5, 0.6) is 5.75 Å². The van der Waals surface area contributed by atoms with Crippen LogP contribution < -0.4 is 10.1 Å². The van der Waals surface area contributed by atoms with Gasteiger partial charge >= 0.3 is 0 Å². The first-order chi connectivity index (χ1) is 12.8. The van der Waals surface area contributed by atoms with Gasteiger partial charge in [0.25, 0.3) is 5.91 Å². The number of carbonyl (C=O) groups excluding carboxylic acids is 1. The number of amides is 1. The summed E-state index contributed by atoms with van der Waals surface area (Å²) in [6.45, 7) is 1.25. The van der Waals surface area contributed by atoms with Crippen LogP contribution in [0.1, 0.15) is 41.6 Å². The van der Waals surface area contributed by atoms with E-state index >= 15 is 0 Å². The van der Waals surface area contributed by atoms with E-state index in [4.69, 9.17) is 9.47 Å². The van der Waals surface area contributed by atoms with E-state index in [2.05, 4.69) is 10.3 Å². The lowest BCUT2D eigenvalue weighted by atomic mass is 9.81. The fraction of sp³-hybridized carbons (Fsp3) is 0.429. The van der Waals surface area contributed by atoms with Crippen LogP contribution in [0.25, 0.3) is 0 Å². The molecule has 0 radical (unpaired) electrons. The fourth-order valence-electron chi connectivity index (χ4n) is 3.98. The highest BCUT2D eigenvalue weighted by atomic mass is 16.5. The van der Waals surface area contributed by atoms with Crippen LogP contribution in [0, 0.1) is 5.92 Å². The molecule has 1 N–H and O–H groups in total. The molecule has 1 saturated heterocycles. The summed E-state index contributed by atoms with van der Waals surface area (Å²) in [5.74, 6) is 1.11. The third-order valence-corrected chi connectivity index (χ3v) is 5.32. The summed E-state index contributed by atoms with van der Waals surface area (Å²) in [5.41, 5.74) is 1.63. The first-order valence-corrected chi connectivity index (χ1v) is 9.34. The maximum Gasteiger partial charge on any atom is 0.251 e. The number of benzene rings is 1. The average Bonchev–Trinajstić information content (AvgIpc) is 3.17. The number of carbonyl (C=O) groups is 1. The van der Waals surface area contributed by atoms with Crippen LogP contribution >= 0.6 is 0 Å². The number of hydrogen-bond donors (Lipinski definition) is 1. The minimum absolute atomic E-state index is 0.0330. The van der Waals surface area contributed by atoms with Crippen molar-refractivity contribution < 1.29 is 14.3 Å². The maximum absolute atomic E-state index is 12.7. The van der Waals surface area contributed by atoms with Crippen LogP contribution in [0.4, 0.5) is 0 Å². The van der Waals surface area contributed by atoms with Gasteiger partial charge in [-0.15, -0.1) is 0 Å². The molecule has 0 bridgehead atoms. The highest BCUT2D eigenvalue weighted by molar-refractivity contribution is 5.94. The van der Waals surface area contributed by atoms with Gasteiger partial charge in [-0.25, -0.2) is 0 Å². The molecule has 0 spiro atoms. The number of aromatic nitrogens is 1. The molecule has 3 atom stereocenters. The quantitative estimate of drug-likeness (QED) is 0.896. The van der Waals surface area contributed by atoms with Crippen molar-refractivity contribution in [2.24, 2.45) is 5.92 Å². The molecule has 0 unspecified atom stereocenters. The molecule has 5 nitrogen and oxygen atoms in total. The lowest BCUT2D eigenvalue weighted by Gasteiger charge is -2.33. The molecule has 1 aromatic carbocycles. The third kappa shape index (κ3) is 3.88. The number of nitrogens with one attached hydrogen (secondary N) is 1. The average molecular weight is 352 g/mol. The topological polar surface area (TPSA) is 60.5 Å².